The molecule has 2 aromatic carbocycles. The molecule has 5 aromatic rings. The van der Waals surface area contributed by atoms with Crippen LogP contribution < -0.4 is 10.4 Å². The first-order valence-corrected chi connectivity index (χ1v) is 8.79. The van der Waals surface area contributed by atoms with E-state index in [0.29, 0.717) is 27.8 Å². The maximum Gasteiger partial charge on any atom is 0.336 e. The molecule has 0 saturated heterocycles. The normalized spacial score (nSPS) is 11.3. The Bertz CT molecular complexity index is 1370. The van der Waals surface area contributed by atoms with Gasteiger partial charge in [-0.1, -0.05) is 23.7 Å². The second kappa shape index (κ2) is 6.54. The fourth-order valence-electron chi connectivity index (χ4n) is 3.08. The van der Waals surface area contributed by atoms with Gasteiger partial charge in [0.1, 0.15) is 12.9 Å². The summed E-state index contributed by atoms with van der Waals surface area (Å²) >= 11 is 6.28. The molecule has 7 nitrogen and oxygen atoms in total. The van der Waals surface area contributed by atoms with E-state index < -0.39 is 5.63 Å². The second-order valence-electron chi connectivity index (χ2n) is 6.07. The Labute approximate surface area is 162 Å². The molecule has 0 aliphatic heterocycles. The lowest BCUT2D eigenvalue weighted by Crippen LogP contribution is -2.06. The van der Waals surface area contributed by atoms with Gasteiger partial charge in [-0.25, -0.2) is 4.79 Å². The molecule has 138 valence electrons. The predicted octanol–water partition coefficient (Wildman–Crippen LogP) is 4.35. The zero-order valence-electron chi connectivity index (χ0n) is 14.3. The Morgan fingerprint density at radius 2 is 1.93 bits per heavy atom. The van der Waals surface area contributed by atoms with Crippen LogP contribution in [-0.2, 0) is 6.61 Å². The topological polar surface area (TPSA) is 83.3 Å². The van der Waals surface area contributed by atoms with Gasteiger partial charge in [-0.05, 0) is 30.3 Å². The van der Waals surface area contributed by atoms with Gasteiger partial charge in [-0.3, -0.25) is 4.57 Å². The van der Waals surface area contributed by atoms with Gasteiger partial charge in [0.05, 0.1) is 17.0 Å². The van der Waals surface area contributed by atoms with Crippen molar-refractivity contribution in [1.29, 1.82) is 0 Å². The van der Waals surface area contributed by atoms with Gasteiger partial charge in [0.2, 0.25) is 5.75 Å². The van der Waals surface area contributed by atoms with Crippen molar-refractivity contribution < 1.29 is 13.6 Å². The highest BCUT2D eigenvalue weighted by Gasteiger charge is 2.17. The summed E-state index contributed by atoms with van der Waals surface area (Å²) in [5.41, 5.74) is 1.08. The number of hydrogen-bond acceptors (Lipinski definition) is 6. The third-order valence-corrected chi connectivity index (χ3v) is 4.68. The maximum atomic E-state index is 11.7. The second-order valence-corrected chi connectivity index (χ2v) is 6.48. The van der Waals surface area contributed by atoms with Gasteiger partial charge in [0.25, 0.3) is 0 Å². The van der Waals surface area contributed by atoms with Crippen LogP contribution in [0.3, 0.4) is 0 Å². The zero-order valence-corrected chi connectivity index (χ0v) is 15.1. The van der Waals surface area contributed by atoms with Gasteiger partial charge >= 0.3 is 5.63 Å². The van der Waals surface area contributed by atoms with Crippen molar-refractivity contribution in [3.63, 3.8) is 0 Å². The fraction of sp³-hybridized carbons (Fsp3) is 0.0500. The monoisotopic (exact) mass is 393 g/mol. The van der Waals surface area contributed by atoms with Gasteiger partial charge in [-0.15, -0.1) is 10.2 Å². The molecule has 0 unspecified atom stereocenters. The van der Waals surface area contributed by atoms with Crippen LogP contribution >= 0.6 is 11.6 Å². The lowest BCUT2D eigenvalue weighted by Gasteiger charge is -2.11. The SMILES string of the molecule is O=c1ccc2cc3ccoc3c(OCc3nncn3-c3ccccc3Cl)c2o1. The summed E-state index contributed by atoms with van der Waals surface area (Å²) in [5, 5.41) is 10.2. The molecule has 0 radical (unpaired) electrons. The van der Waals surface area contributed by atoms with Crippen molar-refractivity contribution in [3.05, 3.63) is 82.4 Å². The van der Waals surface area contributed by atoms with Gasteiger partial charge in [0, 0.05) is 16.8 Å². The lowest BCUT2D eigenvalue weighted by atomic mass is 10.1. The van der Waals surface area contributed by atoms with Crippen LogP contribution in [0.1, 0.15) is 5.82 Å². The van der Waals surface area contributed by atoms with Gasteiger partial charge in [0.15, 0.2) is 17.0 Å². The molecule has 3 aromatic heterocycles. The van der Waals surface area contributed by atoms with Crippen LogP contribution in [0.4, 0.5) is 0 Å². The third-order valence-electron chi connectivity index (χ3n) is 4.36. The highest BCUT2D eigenvalue weighted by atomic mass is 35.5. The minimum atomic E-state index is -0.470. The molecule has 0 bridgehead atoms. The number of ether oxygens (including phenoxy) is 1. The summed E-state index contributed by atoms with van der Waals surface area (Å²) in [6.07, 6.45) is 3.12. The van der Waals surface area contributed by atoms with Crippen molar-refractivity contribution in [2.45, 2.75) is 6.61 Å². The summed E-state index contributed by atoms with van der Waals surface area (Å²) < 4.78 is 18.7. The Balaban J connectivity index is 1.58. The van der Waals surface area contributed by atoms with Gasteiger partial charge < -0.3 is 13.6 Å². The summed E-state index contributed by atoms with van der Waals surface area (Å²) in [7, 11) is 0. The molecule has 8 heteroatoms. The van der Waals surface area contributed by atoms with E-state index in [1.54, 1.807) is 29.3 Å². The molecule has 0 aliphatic rings. The van der Waals surface area contributed by atoms with E-state index in [0.717, 1.165) is 16.5 Å². The first-order chi connectivity index (χ1) is 13.7. The molecule has 0 fully saturated rings. The number of para-hydroxylation sites is 1. The Morgan fingerprint density at radius 1 is 1.07 bits per heavy atom. The van der Waals surface area contributed by atoms with Crippen molar-refractivity contribution in [3.8, 4) is 11.4 Å². The number of halogens is 1. The molecule has 28 heavy (non-hydrogen) atoms. The molecule has 0 aliphatic carbocycles. The number of hydrogen-bond donors (Lipinski definition) is 0. The molecule has 0 N–H and O–H groups in total. The Kier molecular flexibility index (Phi) is 3.87. The number of aromatic nitrogens is 3. The summed E-state index contributed by atoms with van der Waals surface area (Å²) in [6, 6.07) is 14.1. The van der Waals surface area contributed by atoms with Crippen molar-refractivity contribution >= 4 is 33.5 Å². The average Bonchev–Trinajstić information content (AvgIpc) is 3.35. The van der Waals surface area contributed by atoms with E-state index in [9.17, 15) is 4.79 Å². The molecule has 0 atom stereocenters. The number of rotatable bonds is 4. The zero-order chi connectivity index (χ0) is 19.1. The van der Waals surface area contributed by atoms with Crippen LogP contribution in [0, 0.1) is 0 Å². The maximum absolute atomic E-state index is 11.7. The van der Waals surface area contributed by atoms with Crippen LogP contribution in [0.15, 0.2) is 74.8 Å². The standard InChI is InChI=1S/C20H12ClN3O4/c21-14-3-1-2-4-15(14)24-11-22-23-16(24)10-27-20-18-13(7-8-26-18)9-12-5-6-17(25)28-19(12)20/h1-9,11H,10H2. The number of nitrogens with zero attached hydrogens (tertiary/aromatic N) is 3. The number of fused-ring (bicyclic) bond motifs is 2. The van der Waals surface area contributed by atoms with E-state index in [2.05, 4.69) is 10.2 Å². The molecule has 3 heterocycles. The molecule has 0 spiro atoms. The molecular weight excluding hydrogens is 382 g/mol. The molecule has 0 amide bonds. The minimum Gasteiger partial charge on any atom is -0.478 e. The predicted molar refractivity (Wildman–Crippen MR) is 103 cm³/mol. The summed E-state index contributed by atoms with van der Waals surface area (Å²) in [6.45, 7) is 0.0682. The highest BCUT2D eigenvalue weighted by molar-refractivity contribution is 6.32. The van der Waals surface area contributed by atoms with E-state index in [-0.39, 0.29) is 6.61 Å². The summed E-state index contributed by atoms with van der Waals surface area (Å²) in [5.74, 6) is 0.868. The van der Waals surface area contributed by atoms with Crippen LogP contribution in [0.25, 0.3) is 27.6 Å². The number of furan rings is 1. The van der Waals surface area contributed by atoms with E-state index in [1.807, 2.05) is 30.3 Å². The first kappa shape index (κ1) is 16.6. The number of benzene rings is 2. The molecular formula is C20H12ClN3O4. The van der Waals surface area contributed by atoms with Crippen LogP contribution in [-0.4, -0.2) is 14.8 Å². The van der Waals surface area contributed by atoms with Crippen molar-refractivity contribution in [2.75, 3.05) is 0 Å². The average molecular weight is 394 g/mol. The van der Waals surface area contributed by atoms with Crippen LogP contribution in [0.5, 0.6) is 5.75 Å². The molecule has 0 saturated carbocycles. The van der Waals surface area contributed by atoms with E-state index in [4.69, 9.17) is 25.2 Å². The Morgan fingerprint density at radius 3 is 2.82 bits per heavy atom. The third kappa shape index (κ3) is 2.73. The first-order valence-electron chi connectivity index (χ1n) is 8.41. The fourth-order valence-corrected chi connectivity index (χ4v) is 3.31. The smallest absolute Gasteiger partial charge is 0.336 e. The van der Waals surface area contributed by atoms with Gasteiger partial charge in [-0.2, -0.15) is 0 Å². The summed E-state index contributed by atoms with van der Waals surface area (Å²) in [4.78, 5) is 11.7. The van der Waals surface area contributed by atoms with Crippen molar-refractivity contribution in [1.82, 2.24) is 14.8 Å². The van der Waals surface area contributed by atoms with E-state index >= 15 is 0 Å². The lowest BCUT2D eigenvalue weighted by molar-refractivity contribution is 0.291. The highest BCUT2D eigenvalue weighted by Crippen LogP contribution is 2.35. The minimum absolute atomic E-state index is 0.0682. The van der Waals surface area contributed by atoms with E-state index in [1.165, 1.54) is 6.07 Å². The van der Waals surface area contributed by atoms with Crippen LogP contribution in [0.2, 0.25) is 5.02 Å². The quantitative estimate of drug-likeness (QED) is 0.422. The molecule has 5 rings (SSSR count). The van der Waals surface area contributed by atoms with Crippen molar-refractivity contribution in [2.24, 2.45) is 0 Å². The Hall–Kier alpha value is -3.58. The largest absolute Gasteiger partial charge is 0.478 e.